The molecule has 1 aromatic rings. The van der Waals surface area contributed by atoms with E-state index in [1.54, 1.807) is 12.1 Å². The van der Waals surface area contributed by atoms with Crippen LogP contribution in [0.4, 0.5) is 0 Å². The highest BCUT2D eigenvalue weighted by Crippen LogP contribution is 2.35. The van der Waals surface area contributed by atoms with Crippen LogP contribution in [-0.4, -0.2) is 23.6 Å². The minimum Gasteiger partial charge on any atom is -0.503 e. The van der Waals surface area contributed by atoms with Crippen molar-refractivity contribution in [3.05, 3.63) is 22.2 Å². The molecular formula is C8H8BrNO3. The Morgan fingerprint density at radius 3 is 2.77 bits per heavy atom. The van der Waals surface area contributed by atoms with Gasteiger partial charge in [-0.25, -0.2) is 0 Å². The van der Waals surface area contributed by atoms with Gasteiger partial charge in [-0.15, -0.1) is 0 Å². The van der Waals surface area contributed by atoms with Crippen LogP contribution in [0.1, 0.15) is 5.56 Å². The molecule has 1 aromatic carbocycles. The Balaban J connectivity index is 3.22. The second kappa shape index (κ2) is 4.13. The summed E-state index contributed by atoms with van der Waals surface area (Å²) in [6.07, 6.45) is 1.21. The molecular weight excluding hydrogens is 238 g/mol. The van der Waals surface area contributed by atoms with Crippen LogP contribution in [0, 0.1) is 0 Å². The Bertz CT molecular complexity index is 338. The standard InChI is InChI=1S/C8H8BrNO3/c1-13-6-3-2-5(4-10-12)7(9)8(6)11/h2-4,11-12H,1H3/b10-4+. The van der Waals surface area contributed by atoms with Gasteiger partial charge in [0.05, 0.1) is 17.8 Å². The molecule has 0 amide bonds. The van der Waals surface area contributed by atoms with E-state index < -0.39 is 0 Å². The van der Waals surface area contributed by atoms with Crippen LogP contribution >= 0.6 is 15.9 Å². The summed E-state index contributed by atoms with van der Waals surface area (Å²) in [5, 5.41) is 20.6. The molecule has 5 heteroatoms. The first-order valence-electron chi connectivity index (χ1n) is 3.43. The van der Waals surface area contributed by atoms with Crippen molar-refractivity contribution in [1.29, 1.82) is 0 Å². The predicted octanol–water partition coefficient (Wildman–Crippen LogP) is 1.97. The zero-order chi connectivity index (χ0) is 9.84. The van der Waals surface area contributed by atoms with E-state index in [2.05, 4.69) is 21.1 Å². The first-order valence-corrected chi connectivity index (χ1v) is 4.23. The Morgan fingerprint density at radius 2 is 2.23 bits per heavy atom. The lowest BCUT2D eigenvalue weighted by Gasteiger charge is -2.06. The maximum Gasteiger partial charge on any atom is 0.172 e. The van der Waals surface area contributed by atoms with Crippen LogP contribution in [0.2, 0.25) is 0 Å². The molecule has 0 atom stereocenters. The van der Waals surface area contributed by atoms with Crippen LogP contribution in [0.15, 0.2) is 21.8 Å². The highest BCUT2D eigenvalue weighted by molar-refractivity contribution is 9.10. The number of aromatic hydroxyl groups is 1. The monoisotopic (exact) mass is 245 g/mol. The molecule has 0 heterocycles. The lowest BCUT2D eigenvalue weighted by Crippen LogP contribution is -1.88. The number of halogens is 1. The third-order valence-electron chi connectivity index (χ3n) is 1.53. The van der Waals surface area contributed by atoms with Crippen LogP contribution in [0.3, 0.4) is 0 Å². The highest BCUT2D eigenvalue weighted by atomic mass is 79.9. The van der Waals surface area contributed by atoms with E-state index in [0.717, 1.165) is 0 Å². The van der Waals surface area contributed by atoms with Gasteiger partial charge < -0.3 is 15.1 Å². The Morgan fingerprint density at radius 1 is 1.54 bits per heavy atom. The molecule has 0 saturated carbocycles. The lowest BCUT2D eigenvalue weighted by atomic mass is 10.2. The molecule has 0 aliphatic carbocycles. The summed E-state index contributed by atoms with van der Waals surface area (Å²) in [6, 6.07) is 3.24. The van der Waals surface area contributed by atoms with Gasteiger partial charge >= 0.3 is 0 Å². The number of methoxy groups -OCH3 is 1. The molecule has 0 unspecified atom stereocenters. The molecule has 2 N–H and O–H groups in total. The molecule has 0 saturated heterocycles. The maximum atomic E-state index is 9.49. The Labute approximate surface area is 83.6 Å². The van der Waals surface area contributed by atoms with Crippen LogP contribution in [0.25, 0.3) is 0 Å². The van der Waals surface area contributed by atoms with Gasteiger partial charge in [-0.05, 0) is 28.1 Å². The molecule has 4 nitrogen and oxygen atoms in total. The van der Waals surface area contributed by atoms with Crippen molar-refractivity contribution in [3.8, 4) is 11.5 Å². The summed E-state index contributed by atoms with van der Waals surface area (Å²) in [5.74, 6) is 0.349. The minimum atomic E-state index is -0.0140. The molecule has 1 rings (SSSR count). The number of ether oxygens (including phenoxy) is 1. The van der Waals surface area contributed by atoms with Crippen LogP contribution < -0.4 is 4.74 Å². The summed E-state index contributed by atoms with van der Waals surface area (Å²) in [5.41, 5.74) is 0.570. The third kappa shape index (κ3) is 1.92. The molecule has 0 aromatic heterocycles. The molecule has 70 valence electrons. The Kier molecular flexibility index (Phi) is 3.13. The highest BCUT2D eigenvalue weighted by Gasteiger charge is 2.08. The molecule has 0 bridgehead atoms. The van der Waals surface area contributed by atoms with E-state index in [1.165, 1.54) is 13.3 Å². The van der Waals surface area contributed by atoms with Gasteiger partial charge in [0.2, 0.25) is 0 Å². The van der Waals surface area contributed by atoms with Gasteiger partial charge in [0.15, 0.2) is 11.5 Å². The number of hydrogen-bond acceptors (Lipinski definition) is 4. The average Bonchev–Trinajstić information content (AvgIpc) is 2.14. The summed E-state index contributed by atoms with van der Waals surface area (Å²) in [7, 11) is 1.46. The van der Waals surface area contributed by atoms with E-state index in [4.69, 9.17) is 9.94 Å². The third-order valence-corrected chi connectivity index (χ3v) is 2.36. The van der Waals surface area contributed by atoms with Crippen LogP contribution in [0.5, 0.6) is 11.5 Å². The van der Waals surface area contributed by atoms with E-state index in [0.29, 0.717) is 15.8 Å². The van der Waals surface area contributed by atoms with E-state index >= 15 is 0 Å². The van der Waals surface area contributed by atoms with E-state index in [1.807, 2.05) is 0 Å². The first kappa shape index (κ1) is 9.85. The average molecular weight is 246 g/mol. The fourth-order valence-corrected chi connectivity index (χ4v) is 1.32. The van der Waals surface area contributed by atoms with Gasteiger partial charge in [-0.1, -0.05) is 5.16 Å². The van der Waals surface area contributed by atoms with Crippen molar-refractivity contribution >= 4 is 22.1 Å². The van der Waals surface area contributed by atoms with Gasteiger partial charge in [-0.3, -0.25) is 0 Å². The van der Waals surface area contributed by atoms with Crippen molar-refractivity contribution < 1.29 is 15.1 Å². The van der Waals surface area contributed by atoms with E-state index in [-0.39, 0.29) is 5.75 Å². The first-order chi connectivity index (χ1) is 6.20. The fourth-order valence-electron chi connectivity index (χ4n) is 0.889. The predicted molar refractivity (Wildman–Crippen MR) is 51.7 cm³/mol. The largest absolute Gasteiger partial charge is 0.503 e. The number of rotatable bonds is 2. The zero-order valence-electron chi connectivity index (χ0n) is 6.86. The fraction of sp³-hybridized carbons (Fsp3) is 0.125. The number of oxime groups is 1. The zero-order valence-corrected chi connectivity index (χ0v) is 8.45. The Hall–Kier alpha value is -1.23. The van der Waals surface area contributed by atoms with Gasteiger partial charge in [0.25, 0.3) is 0 Å². The smallest absolute Gasteiger partial charge is 0.172 e. The van der Waals surface area contributed by atoms with Gasteiger partial charge in [-0.2, -0.15) is 0 Å². The second-order valence-electron chi connectivity index (χ2n) is 2.26. The van der Waals surface area contributed by atoms with Crippen molar-refractivity contribution in [2.45, 2.75) is 0 Å². The van der Waals surface area contributed by atoms with Gasteiger partial charge in [0, 0.05) is 5.56 Å². The molecule has 13 heavy (non-hydrogen) atoms. The lowest BCUT2D eigenvalue weighted by molar-refractivity contribution is 0.321. The second-order valence-corrected chi connectivity index (χ2v) is 3.06. The number of phenolic OH excluding ortho intramolecular Hbond substituents is 1. The number of phenols is 1. The quantitative estimate of drug-likeness (QED) is 0.476. The van der Waals surface area contributed by atoms with Crippen molar-refractivity contribution in [2.75, 3.05) is 7.11 Å². The summed E-state index contributed by atoms with van der Waals surface area (Å²) in [4.78, 5) is 0. The minimum absolute atomic E-state index is 0.0140. The topological polar surface area (TPSA) is 62.0 Å². The number of nitrogens with zero attached hydrogens (tertiary/aromatic N) is 1. The SMILES string of the molecule is COc1ccc(/C=N/O)c(Br)c1O. The van der Waals surface area contributed by atoms with Crippen molar-refractivity contribution in [2.24, 2.45) is 5.16 Å². The number of hydrogen-bond donors (Lipinski definition) is 2. The van der Waals surface area contributed by atoms with Crippen molar-refractivity contribution in [1.82, 2.24) is 0 Å². The molecule has 0 fully saturated rings. The molecule has 0 aliphatic rings. The molecule has 0 radical (unpaired) electrons. The molecule has 0 spiro atoms. The van der Waals surface area contributed by atoms with Gasteiger partial charge in [0.1, 0.15) is 0 Å². The maximum absolute atomic E-state index is 9.49. The summed E-state index contributed by atoms with van der Waals surface area (Å²) >= 11 is 3.14. The normalized spacial score (nSPS) is 10.6. The summed E-state index contributed by atoms with van der Waals surface area (Å²) in [6.45, 7) is 0. The van der Waals surface area contributed by atoms with E-state index in [9.17, 15) is 5.11 Å². The summed E-state index contributed by atoms with van der Waals surface area (Å²) < 4.78 is 5.31. The van der Waals surface area contributed by atoms with Crippen molar-refractivity contribution in [3.63, 3.8) is 0 Å². The number of benzene rings is 1. The van der Waals surface area contributed by atoms with Crippen LogP contribution in [-0.2, 0) is 0 Å². The molecule has 0 aliphatic heterocycles.